The maximum atomic E-state index is 13.7. The Morgan fingerprint density at radius 2 is 2.19 bits per heavy atom. The van der Waals surface area contributed by atoms with Crippen molar-refractivity contribution in [1.82, 2.24) is 9.97 Å². The Balaban J connectivity index is 2.86. The van der Waals surface area contributed by atoms with Crippen LogP contribution in [0.3, 0.4) is 0 Å². The van der Waals surface area contributed by atoms with E-state index in [2.05, 4.69) is 9.97 Å². The monoisotopic (exact) mass is 229 g/mol. The second-order valence-corrected chi connectivity index (χ2v) is 3.30. The van der Waals surface area contributed by atoms with Gasteiger partial charge in [0.15, 0.2) is 11.6 Å². The lowest BCUT2D eigenvalue weighted by molar-refractivity contribution is 0.202. The molecule has 1 heterocycles. The van der Waals surface area contributed by atoms with Gasteiger partial charge in [0.25, 0.3) is 0 Å². The summed E-state index contributed by atoms with van der Waals surface area (Å²) >= 11 is 0. The number of aliphatic hydroxyl groups is 1. The molecule has 0 radical (unpaired) electrons. The molecule has 0 amide bonds. The van der Waals surface area contributed by atoms with Gasteiger partial charge in [0.1, 0.15) is 6.33 Å². The first-order chi connectivity index (χ1) is 7.70. The molecule has 5 nitrogen and oxygen atoms in total. The van der Waals surface area contributed by atoms with E-state index in [4.69, 9.17) is 9.84 Å². The van der Waals surface area contributed by atoms with Crippen molar-refractivity contribution in [2.45, 2.75) is 6.92 Å². The molecule has 6 heteroatoms. The van der Waals surface area contributed by atoms with Gasteiger partial charge in [0, 0.05) is 20.2 Å². The van der Waals surface area contributed by atoms with Crippen LogP contribution in [0.15, 0.2) is 6.33 Å². The maximum Gasteiger partial charge on any atom is 0.186 e. The molecule has 1 rings (SSSR count). The number of aryl methyl sites for hydroxylation is 1. The fourth-order valence-electron chi connectivity index (χ4n) is 1.31. The van der Waals surface area contributed by atoms with Crippen LogP contribution in [0.2, 0.25) is 0 Å². The Morgan fingerprint density at radius 1 is 1.44 bits per heavy atom. The van der Waals surface area contributed by atoms with Crippen LogP contribution in [0.25, 0.3) is 0 Å². The molecule has 0 aliphatic rings. The van der Waals surface area contributed by atoms with Crippen LogP contribution in [0.4, 0.5) is 10.2 Å². The van der Waals surface area contributed by atoms with E-state index < -0.39 is 5.82 Å². The molecule has 1 aromatic heterocycles. The average molecular weight is 229 g/mol. The molecular weight excluding hydrogens is 213 g/mol. The number of anilines is 1. The first-order valence-electron chi connectivity index (χ1n) is 5.02. The van der Waals surface area contributed by atoms with Gasteiger partial charge in [-0.15, -0.1) is 0 Å². The summed E-state index contributed by atoms with van der Waals surface area (Å²) in [5.74, 6) is -0.245. The minimum atomic E-state index is -0.452. The van der Waals surface area contributed by atoms with Crippen molar-refractivity contribution in [2.24, 2.45) is 0 Å². The van der Waals surface area contributed by atoms with Gasteiger partial charge in [-0.3, -0.25) is 0 Å². The standard InChI is InChI=1S/C10H16FN3O2/c1-8-9(11)10(13-7-12-8)14(3-5-15)4-6-16-2/h7,15H,3-6H2,1-2H3. The van der Waals surface area contributed by atoms with Crippen molar-refractivity contribution in [3.63, 3.8) is 0 Å². The van der Waals surface area contributed by atoms with Gasteiger partial charge in [-0.05, 0) is 6.92 Å². The van der Waals surface area contributed by atoms with Crippen LogP contribution in [0.5, 0.6) is 0 Å². The molecular formula is C10H16FN3O2. The van der Waals surface area contributed by atoms with Gasteiger partial charge in [0.2, 0.25) is 0 Å². The molecule has 0 unspecified atom stereocenters. The first-order valence-corrected chi connectivity index (χ1v) is 5.02. The smallest absolute Gasteiger partial charge is 0.186 e. The van der Waals surface area contributed by atoms with E-state index in [1.54, 1.807) is 18.9 Å². The molecule has 1 N–H and O–H groups in total. The second-order valence-electron chi connectivity index (χ2n) is 3.30. The van der Waals surface area contributed by atoms with Crippen molar-refractivity contribution in [2.75, 3.05) is 38.3 Å². The van der Waals surface area contributed by atoms with E-state index in [9.17, 15) is 4.39 Å². The molecule has 90 valence electrons. The molecule has 0 aromatic carbocycles. The number of ether oxygens (including phenoxy) is 1. The van der Waals surface area contributed by atoms with Gasteiger partial charge >= 0.3 is 0 Å². The zero-order chi connectivity index (χ0) is 12.0. The van der Waals surface area contributed by atoms with E-state index in [1.165, 1.54) is 6.33 Å². The third kappa shape index (κ3) is 3.11. The van der Waals surface area contributed by atoms with Crippen LogP contribution in [-0.2, 0) is 4.74 Å². The highest BCUT2D eigenvalue weighted by Gasteiger charge is 2.14. The highest BCUT2D eigenvalue weighted by Crippen LogP contribution is 2.16. The summed E-state index contributed by atoms with van der Waals surface area (Å²) < 4.78 is 18.6. The van der Waals surface area contributed by atoms with Crippen LogP contribution in [-0.4, -0.2) is 48.5 Å². The number of hydrogen-bond acceptors (Lipinski definition) is 5. The van der Waals surface area contributed by atoms with Crippen LogP contribution in [0.1, 0.15) is 5.69 Å². The Bertz CT molecular complexity index is 336. The maximum absolute atomic E-state index is 13.7. The summed E-state index contributed by atoms with van der Waals surface area (Å²) in [5.41, 5.74) is 0.297. The van der Waals surface area contributed by atoms with E-state index >= 15 is 0 Å². The van der Waals surface area contributed by atoms with E-state index in [-0.39, 0.29) is 12.4 Å². The summed E-state index contributed by atoms with van der Waals surface area (Å²) in [5, 5.41) is 8.91. The minimum absolute atomic E-state index is 0.0633. The molecule has 0 aliphatic carbocycles. The van der Waals surface area contributed by atoms with Gasteiger partial charge in [0.05, 0.1) is 18.9 Å². The molecule has 0 saturated heterocycles. The third-order valence-corrected chi connectivity index (χ3v) is 2.18. The average Bonchev–Trinajstić information content (AvgIpc) is 2.28. The summed E-state index contributed by atoms with van der Waals surface area (Å²) in [6.45, 7) is 2.75. The van der Waals surface area contributed by atoms with Crippen molar-refractivity contribution in [1.29, 1.82) is 0 Å². The zero-order valence-electron chi connectivity index (χ0n) is 9.48. The predicted octanol–water partition coefficient (Wildman–Crippen LogP) is 0.369. The molecule has 0 bridgehead atoms. The number of halogens is 1. The largest absolute Gasteiger partial charge is 0.395 e. The number of methoxy groups -OCH3 is 1. The summed E-state index contributed by atoms with van der Waals surface area (Å²) in [6.07, 6.45) is 1.31. The quantitative estimate of drug-likeness (QED) is 0.763. The normalized spacial score (nSPS) is 10.5. The highest BCUT2D eigenvalue weighted by atomic mass is 19.1. The molecule has 0 atom stereocenters. The summed E-state index contributed by atoms with van der Waals surface area (Å²) in [4.78, 5) is 9.27. The second kappa shape index (κ2) is 6.34. The number of rotatable bonds is 6. The molecule has 1 aromatic rings. The van der Waals surface area contributed by atoms with E-state index in [0.29, 0.717) is 25.4 Å². The van der Waals surface area contributed by atoms with E-state index in [0.717, 1.165) is 0 Å². The van der Waals surface area contributed by atoms with Crippen LogP contribution < -0.4 is 4.90 Å². The van der Waals surface area contributed by atoms with Gasteiger partial charge < -0.3 is 14.7 Å². The summed E-state index contributed by atoms with van der Waals surface area (Å²) in [7, 11) is 1.57. The van der Waals surface area contributed by atoms with Gasteiger partial charge in [-0.1, -0.05) is 0 Å². The van der Waals surface area contributed by atoms with Crippen molar-refractivity contribution in [3.05, 3.63) is 17.8 Å². The van der Waals surface area contributed by atoms with Crippen molar-refractivity contribution >= 4 is 5.82 Å². The van der Waals surface area contributed by atoms with Crippen molar-refractivity contribution < 1.29 is 14.2 Å². The van der Waals surface area contributed by atoms with Crippen LogP contribution >= 0.6 is 0 Å². The fraction of sp³-hybridized carbons (Fsp3) is 0.600. The van der Waals surface area contributed by atoms with Crippen molar-refractivity contribution in [3.8, 4) is 0 Å². The summed E-state index contributed by atoms with van der Waals surface area (Å²) in [6, 6.07) is 0. The Morgan fingerprint density at radius 3 is 2.81 bits per heavy atom. The first kappa shape index (κ1) is 12.8. The Labute approximate surface area is 93.9 Å². The lowest BCUT2D eigenvalue weighted by Gasteiger charge is -2.22. The zero-order valence-corrected chi connectivity index (χ0v) is 9.48. The predicted molar refractivity (Wildman–Crippen MR) is 57.9 cm³/mol. The lowest BCUT2D eigenvalue weighted by atomic mass is 10.3. The molecule has 0 saturated carbocycles. The number of aliphatic hydroxyl groups excluding tert-OH is 1. The minimum Gasteiger partial charge on any atom is -0.395 e. The third-order valence-electron chi connectivity index (χ3n) is 2.18. The van der Waals surface area contributed by atoms with E-state index in [1.807, 2.05) is 0 Å². The fourth-order valence-corrected chi connectivity index (χ4v) is 1.31. The molecule has 0 spiro atoms. The highest BCUT2D eigenvalue weighted by molar-refractivity contribution is 5.40. The number of nitrogens with zero attached hydrogens (tertiary/aromatic N) is 3. The van der Waals surface area contributed by atoms with Crippen LogP contribution in [0, 0.1) is 12.7 Å². The molecule has 0 aliphatic heterocycles. The topological polar surface area (TPSA) is 58.5 Å². The Kier molecular flexibility index (Phi) is 5.07. The number of hydrogen-bond donors (Lipinski definition) is 1. The van der Waals surface area contributed by atoms with Gasteiger partial charge in [-0.25, -0.2) is 14.4 Å². The Hall–Kier alpha value is -1.27. The van der Waals surface area contributed by atoms with Gasteiger partial charge in [-0.2, -0.15) is 0 Å². The molecule has 0 fully saturated rings. The number of aromatic nitrogens is 2. The SMILES string of the molecule is COCCN(CCO)c1ncnc(C)c1F. The lowest BCUT2D eigenvalue weighted by Crippen LogP contribution is -2.32. The molecule has 16 heavy (non-hydrogen) atoms.